The highest BCUT2D eigenvalue weighted by atomic mass is 35.5. The zero-order valence-corrected chi connectivity index (χ0v) is 11.6. The first-order valence-electron chi connectivity index (χ1n) is 5.92. The first kappa shape index (κ1) is 13.3. The van der Waals surface area contributed by atoms with Crippen molar-refractivity contribution >= 4 is 28.9 Å². The molecule has 0 aliphatic rings. The van der Waals surface area contributed by atoms with Gasteiger partial charge in [0.2, 0.25) is 0 Å². The largest absolute Gasteiger partial charge is 0.340 e. The van der Waals surface area contributed by atoms with Crippen LogP contribution in [0.1, 0.15) is 11.1 Å². The van der Waals surface area contributed by atoms with E-state index in [9.17, 15) is 4.39 Å². The van der Waals surface area contributed by atoms with Crippen molar-refractivity contribution in [2.45, 2.75) is 6.92 Å². The van der Waals surface area contributed by atoms with Crippen LogP contribution < -0.4 is 5.32 Å². The summed E-state index contributed by atoms with van der Waals surface area (Å²) in [5, 5.41) is 16.3. The standard InChI is InChI=1S/C13H8ClFN6/c1-7-11(14)20-13-17-6-18-21(13)12(7)19-9-2-3-10(15)8(4-9)5-16/h2-4,6,19H,1H3. The summed E-state index contributed by atoms with van der Waals surface area (Å²) in [4.78, 5) is 8.06. The lowest BCUT2D eigenvalue weighted by atomic mass is 10.2. The fraction of sp³-hybridized carbons (Fsp3) is 0.0769. The summed E-state index contributed by atoms with van der Waals surface area (Å²) in [6, 6.07) is 5.94. The minimum Gasteiger partial charge on any atom is -0.340 e. The van der Waals surface area contributed by atoms with Crippen molar-refractivity contribution < 1.29 is 4.39 Å². The molecule has 104 valence electrons. The number of hydrogen-bond donors (Lipinski definition) is 1. The average Bonchev–Trinajstić information content (AvgIpc) is 2.93. The third-order valence-electron chi connectivity index (χ3n) is 2.95. The van der Waals surface area contributed by atoms with Gasteiger partial charge >= 0.3 is 0 Å². The van der Waals surface area contributed by atoms with Crippen LogP contribution in [0.4, 0.5) is 15.9 Å². The number of hydrogen-bond acceptors (Lipinski definition) is 5. The van der Waals surface area contributed by atoms with Crippen molar-refractivity contribution in [2.75, 3.05) is 5.32 Å². The second kappa shape index (κ2) is 5.00. The van der Waals surface area contributed by atoms with Gasteiger partial charge in [0.05, 0.1) is 5.56 Å². The van der Waals surface area contributed by atoms with E-state index in [4.69, 9.17) is 16.9 Å². The van der Waals surface area contributed by atoms with Crippen molar-refractivity contribution in [3.05, 3.63) is 46.6 Å². The van der Waals surface area contributed by atoms with E-state index in [0.717, 1.165) is 0 Å². The zero-order valence-electron chi connectivity index (χ0n) is 10.8. The lowest BCUT2D eigenvalue weighted by Gasteiger charge is -2.12. The molecule has 1 aromatic carbocycles. The van der Waals surface area contributed by atoms with Crippen LogP contribution in [0.3, 0.4) is 0 Å². The Morgan fingerprint density at radius 2 is 2.24 bits per heavy atom. The highest BCUT2D eigenvalue weighted by Gasteiger charge is 2.13. The van der Waals surface area contributed by atoms with Crippen LogP contribution in [-0.2, 0) is 0 Å². The van der Waals surface area contributed by atoms with Gasteiger partial charge in [0.25, 0.3) is 5.78 Å². The molecule has 2 aromatic heterocycles. The Bertz CT molecular complexity index is 882. The normalized spacial score (nSPS) is 10.6. The summed E-state index contributed by atoms with van der Waals surface area (Å²) in [7, 11) is 0. The van der Waals surface area contributed by atoms with Gasteiger partial charge in [-0.1, -0.05) is 11.6 Å². The smallest absolute Gasteiger partial charge is 0.255 e. The molecule has 0 aliphatic carbocycles. The maximum absolute atomic E-state index is 13.3. The summed E-state index contributed by atoms with van der Waals surface area (Å²) < 4.78 is 14.8. The summed E-state index contributed by atoms with van der Waals surface area (Å²) in [5.74, 6) is 0.326. The van der Waals surface area contributed by atoms with Gasteiger partial charge in [-0.25, -0.2) is 4.39 Å². The molecule has 0 saturated carbocycles. The maximum atomic E-state index is 13.3. The highest BCUT2D eigenvalue weighted by Crippen LogP contribution is 2.26. The predicted octanol–water partition coefficient (Wildman–Crippen LogP) is 2.84. The molecule has 3 rings (SSSR count). The van der Waals surface area contributed by atoms with Crippen molar-refractivity contribution in [1.82, 2.24) is 19.6 Å². The number of nitrogens with zero attached hydrogens (tertiary/aromatic N) is 5. The first-order valence-corrected chi connectivity index (χ1v) is 6.30. The minimum atomic E-state index is -0.571. The molecule has 6 nitrogen and oxygen atoms in total. The van der Waals surface area contributed by atoms with E-state index < -0.39 is 5.82 Å². The molecule has 3 aromatic rings. The Hall–Kier alpha value is -2.72. The predicted molar refractivity (Wildman–Crippen MR) is 74.9 cm³/mol. The van der Waals surface area contributed by atoms with Gasteiger partial charge in [0.1, 0.15) is 29.2 Å². The molecule has 0 spiro atoms. The van der Waals surface area contributed by atoms with Crippen molar-refractivity contribution in [2.24, 2.45) is 0 Å². The maximum Gasteiger partial charge on any atom is 0.255 e. The topological polar surface area (TPSA) is 78.9 Å². The molecule has 0 atom stereocenters. The van der Waals surface area contributed by atoms with Gasteiger partial charge in [-0.05, 0) is 25.1 Å². The molecular formula is C13H8ClFN6. The molecule has 21 heavy (non-hydrogen) atoms. The van der Waals surface area contributed by atoms with Gasteiger partial charge in [-0.2, -0.15) is 24.8 Å². The number of nitriles is 1. The number of halogens is 2. The number of aromatic nitrogens is 4. The van der Waals surface area contributed by atoms with Crippen LogP contribution in [0.25, 0.3) is 5.78 Å². The van der Waals surface area contributed by atoms with Gasteiger partial charge in [0.15, 0.2) is 0 Å². The number of rotatable bonds is 2. The summed E-state index contributed by atoms with van der Waals surface area (Å²) in [5.41, 5.74) is 1.15. The molecule has 0 amide bonds. The molecule has 0 saturated heterocycles. The van der Waals surface area contributed by atoms with Gasteiger partial charge < -0.3 is 5.32 Å². The van der Waals surface area contributed by atoms with E-state index in [1.165, 1.54) is 29.0 Å². The van der Waals surface area contributed by atoms with Crippen molar-refractivity contribution in [1.29, 1.82) is 5.26 Å². The summed E-state index contributed by atoms with van der Waals surface area (Å²) >= 11 is 6.06. The third kappa shape index (κ3) is 2.26. The molecule has 0 radical (unpaired) electrons. The Labute approximate surface area is 123 Å². The van der Waals surface area contributed by atoms with Crippen LogP contribution >= 0.6 is 11.6 Å². The lowest BCUT2D eigenvalue weighted by Crippen LogP contribution is -2.05. The third-order valence-corrected chi connectivity index (χ3v) is 3.32. The second-order valence-corrected chi connectivity index (χ2v) is 4.64. The lowest BCUT2D eigenvalue weighted by molar-refractivity contribution is 0.624. The number of anilines is 2. The molecule has 2 heterocycles. The Morgan fingerprint density at radius 1 is 1.43 bits per heavy atom. The molecule has 0 bridgehead atoms. The monoisotopic (exact) mass is 302 g/mol. The number of fused-ring (bicyclic) bond motifs is 1. The Balaban J connectivity index is 2.12. The fourth-order valence-electron chi connectivity index (χ4n) is 1.87. The second-order valence-electron chi connectivity index (χ2n) is 4.28. The van der Waals surface area contributed by atoms with Crippen LogP contribution in [0.15, 0.2) is 24.5 Å². The van der Waals surface area contributed by atoms with Crippen LogP contribution in [0.5, 0.6) is 0 Å². The highest BCUT2D eigenvalue weighted by molar-refractivity contribution is 6.30. The SMILES string of the molecule is Cc1c(Cl)nc2ncnn2c1Nc1ccc(F)c(C#N)c1. The summed E-state index contributed by atoms with van der Waals surface area (Å²) in [6.45, 7) is 1.77. The van der Waals surface area contributed by atoms with Gasteiger partial charge in [-0.3, -0.25) is 0 Å². The fourth-order valence-corrected chi connectivity index (χ4v) is 2.03. The minimum absolute atomic E-state index is 0.0485. The Morgan fingerprint density at radius 3 is 3.00 bits per heavy atom. The van der Waals surface area contributed by atoms with E-state index in [-0.39, 0.29) is 5.56 Å². The Kier molecular flexibility index (Phi) is 3.16. The molecule has 0 aliphatic heterocycles. The first-order chi connectivity index (χ1) is 10.1. The van der Waals surface area contributed by atoms with E-state index in [1.807, 2.05) is 0 Å². The number of nitrogens with one attached hydrogen (secondary N) is 1. The van der Waals surface area contributed by atoms with Crippen molar-refractivity contribution in [3.8, 4) is 6.07 Å². The van der Waals surface area contributed by atoms with E-state index in [1.54, 1.807) is 13.0 Å². The molecule has 0 fully saturated rings. The zero-order chi connectivity index (χ0) is 15.0. The van der Waals surface area contributed by atoms with Crippen LogP contribution in [0, 0.1) is 24.1 Å². The molecule has 0 unspecified atom stereocenters. The molecular weight excluding hydrogens is 295 g/mol. The molecule has 8 heteroatoms. The van der Waals surface area contributed by atoms with E-state index in [2.05, 4.69) is 20.4 Å². The van der Waals surface area contributed by atoms with Crippen LogP contribution in [-0.4, -0.2) is 19.6 Å². The van der Waals surface area contributed by atoms with Crippen molar-refractivity contribution in [3.63, 3.8) is 0 Å². The van der Waals surface area contributed by atoms with E-state index in [0.29, 0.717) is 28.0 Å². The molecule has 1 N–H and O–H groups in total. The van der Waals surface area contributed by atoms with Gasteiger partial charge in [0, 0.05) is 11.3 Å². The number of benzene rings is 1. The quantitative estimate of drug-likeness (QED) is 0.736. The average molecular weight is 303 g/mol. The van der Waals surface area contributed by atoms with Gasteiger partial charge in [-0.15, -0.1) is 0 Å². The van der Waals surface area contributed by atoms with E-state index >= 15 is 0 Å². The van der Waals surface area contributed by atoms with Crippen LogP contribution in [0.2, 0.25) is 5.15 Å². The summed E-state index contributed by atoms with van der Waals surface area (Å²) in [6.07, 6.45) is 1.36.